The van der Waals surface area contributed by atoms with Gasteiger partial charge >= 0.3 is 11.9 Å². The second kappa shape index (κ2) is 5.69. The van der Waals surface area contributed by atoms with Gasteiger partial charge in [0.05, 0.1) is 19.8 Å². The SMILES string of the molecule is C=C/C(C(=O)OC)=C(\N=C)C(=O)OC. The summed E-state index contributed by atoms with van der Waals surface area (Å²) in [6, 6.07) is 0. The van der Waals surface area contributed by atoms with E-state index in [1.54, 1.807) is 0 Å². The third-order valence-corrected chi connectivity index (χ3v) is 1.40. The molecule has 0 bridgehead atoms. The van der Waals surface area contributed by atoms with Crippen molar-refractivity contribution >= 4 is 18.7 Å². The number of nitrogens with zero attached hydrogens (tertiary/aromatic N) is 1. The molecular formula is C9H11NO4. The van der Waals surface area contributed by atoms with E-state index in [9.17, 15) is 9.59 Å². The van der Waals surface area contributed by atoms with Gasteiger partial charge in [0.25, 0.3) is 0 Å². The van der Waals surface area contributed by atoms with E-state index < -0.39 is 11.9 Å². The standard InChI is InChI=1S/C9H11NO4/c1-5-6(8(11)13-3)7(10-2)9(12)14-4/h5H,1-2H2,3-4H3/b7-6+. The van der Waals surface area contributed by atoms with Gasteiger partial charge in [-0.3, -0.25) is 4.99 Å². The average molecular weight is 197 g/mol. The van der Waals surface area contributed by atoms with Gasteiger partial charge in [-0.2, -0.15) is 0 Å². The number of methoxy groups -OCH3 is 2. The molecule has 0 rings (SSSR count). The fourth-order valence-corrected chi connectivity index (χ4v) is 0.743. The van der Waals surface area contributed by atoms with Crippen LogP contribution in [0.5, 0.6) is 0 Å². The normalized spacial score (nSPS) is 11.0. The topological polar surface area (TPSA) is 65.0 Å². The summed E-state index contributed by atoms with van der Waals surface area (Å²) in [4.78, 5) is 25.6. The van der Waals surface area contributed by atoms with Crippen LogP contribution in [0.15, 0.2) is 28.9 Å². The highest BCUT2D eigenvalue weighted by atomic mass is 16.5. The van der Waals surface area contributed by atoms with Gasteiger partial charge in [-0.05, 0) is 6.72 Å². The van der Waals surface area contributed by atoms with Crippen LogP contribution in [0.3, 0.4) is 0 Å². The first kappa shape index (κ1) is 12.1. The lowest BCUT2D eigenvalue weighted by atomic mass is 10.2. The molecule has 0 aliphatic heterocycles. The third kappa shape index (κ3) is 2.55. The van der Waals surface area contributed by atoms with Crippen molar-refractivity contribution in [3.63, 3.8) is 0 Å². The number of esters is 2. The first-order valence-corrected chi connectivity index (χ1v) is 3.62. The van der Waals surface area contributed by atoms with Crippen molar-refractivity contribution in [1.82, 2.24) is 0 Å². The first-order valence-electron chi connectivity index (χ1n) is 3.62. The maximum Gasteiger partial charge on any atom is 0.357 e. The van der Waals surface area contributed by atoms with Crippen molar-refractivity contribution in [1.29, 1.82) is 0 Å². The molecule has 0 aromatic rings. The minimum absolute atomic E-state index is 0.0747. The summed E-state index contributed by atoms with van der Waals surface area (Å²) in [7, 11) is 2.36. The van der Waals surface area contributed by atoms with E-state index in [-0.39, 0.29) is 11.3 Å². The molecule has 0 amide bonds. The number of ether oxygens (including phenoxy) is 2. The summed E-state index contributed by atoms with van der Waals surface area (Å²) in [5.74, 6) is -1.48. The fourth-order valence-electron chi connectivity index (χ4n) is 0.743. The summed E-state index contributed by atoms with van der Waals surface area (Å²) in [6.45, 7) is 6.51. The Morgan fingerprint density at radius 2 is 1.71 bits per heavy atom. The zero-order valence-corrected chi connectivity index (χ0v) is 8.07. The Labute approximate surface area is 81.7 Å². The van der Waals surface area contributed by atoms with Crippen LogP contribution in [0.1, 0.15) is 0 Å². The fraction of sp³-hybridized carbons (Fsp3) is 0.222. The van der Waals surface area contributed by atoms with Crippen LogP contribution in [0.2, 0.25) is 0 Å². The van der Waals surface area contributed by atoms with Crippen molar-refractivity contribution in [3.05, 3.63) is 23.9 Å². The Hall–Kier alpha value is -1.91. The number of hydrogen-bond donors (Lipinski definition) is 0. The van der Waals surface area contributed by atoms with E-state index in [0.717, 1.165) is 6.08 Å². The van der Waals surface area contributed by atoms with Crippen molar-refractivity contribution in [3.8, 4) is 0 Å². The molecule has 14 heavy (non-hydrogen) atoms. The average Bonchev–Trinajstić information content (AvgIpc) is 2.23. The molecule has 0 radical (unpaired) electrons. The minimum Gasteiger partial charge on any atom is -0.465 e. The smallest absolute Gasteiger partial charge is 0.357 e. The molecule has 5 heteroatoms. The second-order valence-corrected chi connectivity index (χ2v) is 2.11. The molecule has 0 heterocycles. The lowest BCUT2D eigenvalue weighted by molar-refractivity contribution is -0.139. The molecule has 0 fully saturated rings. The maximum atomic E-state index is 11.1. The van der Waals surface area contributed by atoms with Crippen LogP contribution < -0.4 is 0 Å². The van der Waals surface area contributed by atoms with Gasteiger partial charge in [0.1, 0.15) is 0 Å². The van der Waals surface area contributed by atoms with Crippen molar-refractivity contribution in [2.24, 2.45) is 4.99 Å². The monoisotopic (exact) mass is 197 g/mol. The highest BCUT2D eigenvalue weighted by molar-refractivity contribution is 6.02. The Morgan fingerprint density at radius 3 is 2.00 bits per heavy atom. The molecule has 0 saturated heterocycles. The van der Waals surface area contributed by atoms with E-state index in [1.807, 2.05) is 0 Å². The van der Waals surface area contributed by atoms with Gasteiger partial charge in [0.15, 0.2) is 5.70 Å². The number of aliphatic imine (C=N–C) groups is 1. The lowest BCUT2D eigenvalue weighted by Gasteiger charge is -2.03. The highest BCUT2D eigenvalue weighted by Gasteiger charge is 2.18. The predicted molar refractivity (Wildman–Crippen MR) is 50.8 cm³/mol. The Morgan fingerprint density at radius 1 is 1.21 bits per heavy atom. The summed E-state index contributed by atoms with van der Waals surface area (Å²) < 4.78 is 8.81. The minimum atomic E-state index is -0.764. The maximum absolute atomic E-state index is 11.1. The second-order valence-electron chi connectivity index (χ2n) is 2.11. The molecule has 0 aliphatic rings. The number of rotatable bonds is 4. The van der Waals surface area contributed by atoms with E-state index in [2.05, 4.69) is 27.8 Å². The first-order chi connectivity index (χ1) is 6.62. The molecule has 0 unspecified atom stereocenters. The van der Waals surface area contributed by atoms with Crippen LogP contribution in [0, 0.1) is 0 Å². The molecule has 0 spiro atoms. The quantitative estimate of drug-likeness (QED) is 0.284. The number of carbonyl (C=O) groups excluding carboxylic acids is 2. The number of hydrogen-bond acceptors (Lipinski definition) is 5. The predicted octanol–water partition coefficient (Wildman–Crippen LogP) is 0.473. The lowest BCUT2D eigenvalue weighted by Crippen LogP contribution is -2.12. The zero-order valence-electron chi connectivity index (χ0n) is 8.07. The van der Waals surface area contributed by atoms with Crippen molar-refractivity contribution in [2.75, 3.05) is 14.2 Å². The van der Waals surface area contributed by atoms with E-state index >= 15 is 0 Å². The molecule has 5 nitrogen and oxygen atoms in total. The molecule has 0 aromatic carbocycles. The molecule has 0 aromatic heterocycles. The molecule has 0 saturated carbocycles. The van der Waals surface area contributed by atoms with Gasteiger partial charge in [0, 0.05) is 0 Å². The molecule has 0 atom stereocenters. The Balaban J connectivity index is 5.32. The zero-order chi connectivity index (χ0) is 11.1. The van der Waals surface area contributed by atoms with Gasteiger partial charge in [-0.1, -0.05) is 12.7 Å². The summed E-state index contributed by atoms with van der Waals surface area (Å²) in [5, 5.41) is 0. The van der Waals surface area contributed by atoms with Gasteiger partial charge in [-0.15, -0.1) is 0 Å². The van der Waals surface area contributed by atoms with Crippen LogP contribution >= 0.6 is 0 Å². The van der Waals surface area contributed by atoms with E-state index in [1.165, 1.54) is 14.2 Å². The van der Waals surface area contributed by atoms with Gasteiger partial charge in [0.2, 0.25) is 0 Å². The molecule has 0 N–H and O–H groups in total. The van der Waals surface area contributed by atoms with E-state index in [4.69, 9.17) is 0 Å². The Kier molecular flexibility index (Phi) is 4.91. The van der Waals surface area contributed by atoms with Crippen LogP contribution in [0.25, 0.3) is 0 Å². The van der Waals surface area contributed by atoms with Crippen LogP contribution in [-0.2, 0) is 19.1 Å². The van der Waals surface area contributed by atoms with Crippen molar-refractivity contribution in [2.45, 2.75) is 0 Å². The molecule has 76 valence electrons. The third-order valence-electron chi connectivity index (χ3n) is 1.40. The van der Waals surface area contributed by atoms with E-state index in [0.29, 0.717) is 0 Å². The van der Waals surface area contributed by atoms with Gasteiger partial charge in [-0.25, -0.2) is 9.59 Å². The largest absolute Gasteiger partial charge is 0.465 e. The van der Waals surface area contributed by atoms with Gasteiger partial charge < -0.3 is 9.47 Å². The number of carbonyl (C=O) groups is 2. The van der Waals surface area contributed by atoms with Crippen molar-refractivity contribution < 1.29 is 19.1 Å². The Bertz CT molecular complexity index is 274. The van der Waals surface area contributed by atoms with Crippen LogP contribution in [-0.4, -0.2) is 32.9 Å². The molecular weight excluding hydrogens is 186 g/mol. The highest BCUT2D eigenvalue weighted by Crippen LogP contribution is 2.10. The molecule has 0 aliphatic carbocycles. The summed E-state index contributed by atoms with van der Waals surface area (Å²) >= 11 is 0. The summed E-state index contributed by atoms with van der Waals surface area (Å²) in [6.07, 6.45) is 1.16. The van der Waals surface area contributed by atoms with Crippen LogP contribution in [0.4, 0.5) is 0 Å². The summed E-state index contributed by atoms with van der Waals surface area (Å²) in [5.41, 5.74) is -0.288.